The van der Waals surface area contributed by atoms with Crippen molar-refractivity contribution in [2.45, 2.75) is 4.90 Å². The van der Waals surface area contributed by atoms with E-state index in [0.29, 0.717) is 4.90 Å². The Bertz CT molecular complexity index is 298. The minimum absolute atomic E-state index is 0.101. The Kier molecular flexibility index (Phi) is 2.42. The molecule has 0 saturated heterocycles. The summed E-state index contributed by atoms with van der Waals surface area (Å²) < 4.78 is 0. The molecule has 0 aromatic heterocycles. The lowest BCUT2D eigenvalue weighted by molar-refractivity contribution is 0.0697. The van der Waals surface area contributed by atoms with Crippen molar-refractivity contribution in [2.75, 3.05) is 0 Å². The number of halogens is 1. The largest absolute Gasteiger partial charge is 0.478 e. The molecule has 1 N–H and O–H groups in total. The first-order valence-corrected chi connectivity index (χ1v) is 3.65. The number of aromatic carboxylic acids is 1. The average Bonchev–Trinajstić information content (AvgIpc) is 1.85. The Morgan fingerprint density at radius 2 is 2.18 bits per heavy atom. The van der Waals surface area contributed by atoms with Crippen LogP contribution in [0.4, 0.5) is 0 Å². The fourth-order valence-corrected chi connectivity index (χ4v) is 1.22. The molecule has 1 aromatic carbocycles. The van der Waals surface area contributed by atoms with E-state index in [1.54, 1.807) is 6.07 Å². The van der Waals surface area contributed by atoms with E-state index < -0.39 is 5.97 Å². The topological polar surface area (TPSA) is 37.3 Å². The second-order valence-electron chi connectivity index (χ2n) is 1.97. The molecule has 0 bridgehead atoms. The van der Waals surface area contributed by atoms with Gasteiger partial charge in [0, 0.05) is 4.90 Å². The van der Waals surface area contributed by atoms with Crippen molar-refractivity contribution in [3.63, 3.8) is 0 Å². The molecule has 0 aliphatic carbocycles. The maximum absolute atomic E-state index is 10.4. The molecule has 0 aliphatic rings. The monoisotopic (exact) mass is 188 g/mol. The SMILES string of the molecule is O=C(O)c1ccc(S)cc1Cl. The Balaban J connectivity index is 3.20. The standard InChI is InChI=1S/C7H5ClO2S/c8-6-3-4(11)1-2-5(6)7(9)10/h1-3,11H,(H,9,10). The first-order chi connectivity index (χ1) is 5.11. The summed E-state index contributed by atoms with van der Waals surface area (Å²) in [5.41, 5.74) is 0.101. The molecule has 11 heavy (non-hydrogen) atoms. The lowest BCUT2D eigenvalue weighted by Gasteiger charge is -1.97. The number of carbonyl (C=O) groups is 1. The molecule has 0 saturated carbocycles. The molecule has 0 aliphatic heterocycles. The zero-order chi connectivity index (χ0) is 8.43. The van der Waals surface area contributed by atoms with Crippen LogP contribution in [0.15, 0.2) is 23.1 Å². The van der Waals surface area contributed by atoms with Crippen molar-refractivity contribution < 1.29 is 9.90 Å². The quantitative estimate of drug-likeness (QED) is 0.664. The smallest absolute Gasteiger partial charge is 0.337 e. The minimum Gasteiger partial charge on any atom is -0.478 e. The summed E-state index contributed by atoms with van der Waals surface area (Å²) in [4.78, 5) is 11.1. The van der Waals surface area contributed by atoms with Crippen molar-refractivity contribution in [1.29, 1.82) is 0 Å². The van der Waals surface area contributed by atoms with E-state index >= 15 is 0 Å². The molecule has 0 heterocycles. The average molecular weight is 189 g/mol. The van der Waals surface area contributed by atoms with Crippen molar-refractivity contribution in [3.05, 3.63) is 28.8 Å². The molecular weight excluding hydrogens is 184 g/mol. The van der Waals surface area contributed by atoms with Crippen molar-refractivity contribution in [1.82, 2.24) is 0 Å². The molecule has 0 fully saturated rings. The molecule has 1 aromatic rings. The molecule has 0 unspecified atom stereocenters. The molecule has 0 amide bonds. The first-order valence-electron chi connectivity index (χ1n) is 2.83. The van der Waals surface area contributed by atoms with Crippen LogP contribution in [0.1, 0.15) is 10.4 Å². The van der Waals surface area contributed by atoms with E-state index in [1.165, 1.54) is 12.1 Å². The summed E-state index contributed by atoms with van der Waals surface area (Å²) in [7, 11) is 0. The summed E-state index contributed by atoms with van der Waals surface area (Å²) >= 11 is 9.59. The highest BCUT2D eigenvalue weighted by Crippen LogP contribution is 2.19. The van der Waals surface area contributed by atoms with Gasteiger partial charge in [0.15, 0.2) is 0 Å². The number of carboxylic acid groups (broad SMARTS) is 1. The predicted octanol–water partition coefficient (Wildman–Crippen LogP) is 2.33. The normalized spacial score (nSPS) is 9.64. The van der Waals surface area contributed by atoms with Crippen LogP contribution in [-0.2, 0) is 0 Å². The van der Waals surface area contributed by atoms with Crippen LogP contribution >= 0.6 is 24.2 Å². The highest BCUT2D eigenvalue weighted by Gasteiger charge is 2.06. The molecule has 58 valence electrons. The molecule has 0 spiro atoms. The number of hydrogen-bond donors (Lipinski definition) is 2. The van der Waals surface area contributed by atoms with Gasteiger partial charge in [0.05, 0.1) is 10.6 Å². The maximum atomic E-state index is 10.4. The third kappa shape index (κ3) is 1.88. The second kappa shape index (κ2) is 3.15. The van der Waals surface area contributed by atoms with E-state index in [2.05, 4.69) is 12.6 Å². The third-order valence-electron chi connectivity index (χ3n) is 1.18. The second-order valence-corrected chi connectivity index (χ2v) is 2.89. The summed E-state index contributed by atoms with van der Waals surface area (Å²) in [6.07, 6.45) is 0. The Hall–Kier alpha value is -0.670. The number of benzene rings is 1. The number of thiol groups is 1. The Morgan fingerprint density at radius 1 is 1.55 bits per heavy atom. The van der Waals surface area contributed by atoms with Gasteiger partial charge in [-0.3, -0.25) is 0 Å². The third-order valence-corrected chi connectivity index (χ3v) is 1.77. The van der Waals surface area contributed by atoms with Gasteiger partial charge in [-0.2, -0.15) is 0 Å². The van der Waals surface area contributed by atoms with Gasteiger partial charge in [-0.25, -0.2) is 4.79 Å². The minimum atomic E-state index is -1.02. The number of rotatable bonds is 1. The van der Waals surface area contributed by atoms with Crippen molar-refractivity contribution >= 4 is 30.2 Å². The van der Waals surface area contributed by atoms with Crippen LogP contribution in [0.2, 0.25) is 5.02 Å². The van der Waals surface area contributed by atoms with Crippen LogP contribution in [-0.4, -0.2) is 11.1 Å². The molecule has 0 radical (unpaired) electrons. The molecule has 4 heteroatoms. The molecular formula is C7H5ClO2S. The van der Waals surface area contributed by atoms with E-state index in [-0.39, 0.29) is 10.6 Å². The van der Waals surface area contributed by atoms with Crippen LogP contribution in [0.5, 0.6) is 0 Å². The highest BCUT2D eigenvalue weighted by atomic mass is 35.5. The van der Waals surface area contributed by atoms with Gasteiger partial charge in [-0.15, -0.1) is 12.6 Å². The van der Waals surface area contributed by atoms with Crippen LogP contribution in [0.25, 0.3) is 0 Å². The van der Waals surface area contributed by atoms with Gasteiger partial charge in [0.2, 0.25) is 0 Å². The Morgan fingerprint density at radius 3 is 2.64 bits per heavy atom. The zero-order valence-corrected chi connectivity index (χ0v) is 7.06. The number of hydrogen-bond acceptors (Lipinski definition) is 2. The van der Waals surface area contributed by atoms with Crippen LogP contribution in [0, 0.1) is 0 Å². The summed E-state index contributed by atoms with van der Waals surface area (Å²) in [5.74, 6) is -1.02. The van der Waals surface area contributed by atoms with Crippen LogP contribution in [0.3, 0.4) is 0 Å². The van der Waals surface area contributed by atoms with Crippen LogP contribution < -0.4 is 0 Å². The summed E-state index contributed by atoms with van der Waals surface area (Å²) in [6.45, 7) is 0. The number of carboxylic acids is 1. The van der Waals surface area contributed by atoms with E-state index in [1.807, 2.05) is 0 Å². The van der Waals surface area contributed by atoms with Gasteiger partial charge in [-0.05, 0) is 18.2 Å². The van der Waals surface area contributed by atoms with Crippen molar-refractivity contribution in [2.24, 2.45) is 0 Å². The fourth-order valence-electron chi connectivity index (χ4n) is 0.677. The van der Waals surface area contributed by atoms with E-state index in [4.69, 9.17) is 16.7 Å². The lowest BCUT2D eigenvalue weighted by atomic mass is 10.2. The maximum Gasteiger partial charge on any atom is 0.337 e. The highest BCUT2D eigenvalue weighted by molar-refractivity contribution is 7.80. The van der Waals surface area contributed by atoms with Crippen molar-refractivity contribution in [3.8, 4) is 0 Å². The first kappa shape index (κ1) is 8.43. The van der Waals surface area contributed by atoms with Gasteiger partial charge >= 0.3 is 5.97 Å². The van der Waals surface area contributed by atoms with Gasteiger partial charge in [0.25, 0.3) is 0 Å². The predicted molar refractivity (Wildman–Crippen MR) is 45.7 cm³/mol. The Labute approximate surface area is 74.2 Å². The van der Waals surface area contributed by atoms with Gasteiger partial charge in [-0.1, -0.05) is 11.6 Å². The van der Waals surface area contributed by atoms with E-state index in [9.17, 15) is 4.79 Å². The van der Waals surface area contributed by atoms with E-state index in [0.717, 1.165) is 0 Å². The molecule has 1 rings (SSSR count). The van der Waals surface area contributed by atoms with Gasteiger partial charge in [0.1, 0.15) is 0 Å². The zero-order valence-electron chi connectivity index (χ0n) is 5.41. The summed E-state index contributed by atoms with van der Waals surface area (Å²) in [6, 6.07) is 4.50. The molecule has 2 nitrogen and oxygen atoms in total. The fraction of sp³-hybridized carbons (Fsp3) is 0. The molecule has 0 atom stereocenters. The summed E-state index contributed by atoms with van der Waals surface area (Å²) in [5, 5.41) is 8.76. The lowest BCUT2D eigenvalue weighted by Crippen LogP contribution is -1.96. The van der Waals surface area contributed by atoms with Gasteiger partial charge < -0.3 is 5.11 Å².